The van der Waals surface area contributed by atoms with E-state index in [9.17, 15) is 0 Å². The van der Waals surface area contributed by atoms with Crippen LogP contribution in [0.2, 0.25) is 0 Å². The average molecular weight is 645 g/mol. The molecule has 0 fully saturated rings. The molecule has 254 valence electrons. The Kier molecular flexibility index (Phi) is 12.2. The van der Waals surface area contributed by atoms with Crippen molar-refractivity contribution in [1.29, 1.82) is 0 Å². The number of unbranched alkanes of at least 4 members (excludes halogenated alkanes) is 14. The van der Waals surface area contributed by atoms with Gasteiger partial charge in [0, 0.05) is 5.56 Å². The van der Waals surface area contributed by atoms with Crippen LogP contribution < -0.4 is 14.2 Å². The second kappa shape index (κ2) is 17.1. The van der Waals surface area contributed by atoms with Gasteiger partial charge in [0.2, 0.25) is 0 Å². The largest absolute Gasteiger partial charge is 0.490 e. The molecule has 0 amide bonds. The van der Waals surface area contributed by atoms with Gasteiger partial charge in [-0.3, -0.25) is 0 Å². The van der Waals surface area contributed by atoms with Crippen molar-refractivity contribution in [3.05, 3.63) is 107 Å². The van der Waals surface area contributed by atoms with Crippen molar-refractivity contribution in [2.45, 2.75) is 122 Å². The van der Waals surface area contributed by atoms with Crippen molar-refractivity contribution in [1.82, 2.24) is 0 Å². The van der Waals surface area contributed by atoms with Gasteiger partial charge in [0.25, 0.3) is 0 Å². The van der Waals surface area contributed by atoms with Gasteiger partial charge >= 0.3 is 0 Å². The normalized spacial score (nSPS) is 13.4. The van der Waals surface area contributed by atoms with Crippen LogP contribution in [-0.4, -0.2) is 13.2 Å². The molecule has 0 unspecified atom stereocenters. The maximum atomic E-state index is 6.94. The van der Waals surface area contributed by atoms with E-state index in [1.165, 1.54) is 112 Å². The molecule has 3 heteroatoms. The first-order valence-electron chi connectivity index (χ1n) is 19.2. The van der Waals surface area contributed by atoms with Crippen LogP contribution in [0.25, 0.3) is 11.1 Å². The van der Waals surface area contributed by atoms with Gasteiger partial charge in [-0.05, 0) is 53.3 Å². The molecule has 48 heavy (non-hydrogen) atoms. The fourth-order valence-electron chi connectivity index (χ4n) is 7.98. The molecule has 1 aliphatic heterocycles. The average Bonchev–Trinajstić information content (AvgIpc) is 3.41. The van der Waals surface area contributed by atoms with E-state index in [0.29, 0.717) is 13.2 Å². The Labute approximate surface area is 290 Å². The summed E-state index contributed by atoms with van der Waals surface area (Å²) in [6.07, 6.45) is 20.4. The Morgan fingerprint density at radius 1 is 0.458 bits per heavy atom. The van der Waals surface area contributed by atoms with Crippen LogP contribution in [0.1, 0.15) is 139 Å². The summed E-state index contributed by atoms with van der Waals surface area (Å²) >= 11 is 0. The third-order valence-corrected chi connectivity index (χ3v) is 10.4. The van der Waals surface area contributed by atoms with Crippen molar-refractivity contribution >= 4 is 0 Å². The number of ether oxygens (including phenoxy) is 3. The minimum absolute atomic E-state index is 0.566. The third-order valence-electron chi connectivity index (χ3n) is 10.4. The van der Waals surface area contributed by atoms with Gasteiger partial charge < -0.3 is 14.2 Å². The highest BCUT2D eigenvalue weighted by atomic mass is 16.5. The summed E-state index contributed by atoms with van der Waals surface area (Å²) in [6, 6.07) is 30.6. The smallest absolute Gasteiger partial charge is 0.169 e. The summed E-state index contributed by atoms with van der Waals surface area (Å²) in [4.78, 5) is 0. The molecule has 6 rings (SSSR count). The van der Waals surface area contributed by atoms with Crippen LogP contribution in [-0.2, 0) is 5.41 Å². The molecular formula is C45H56O3. The van der Waals surface area contributed by atoms with Gasteiger partial charge in [0.15, 0.2) is 11.5 Å². The zero-order chi connectivity index (χ0) is 33.0. The molecule has 0 aromatic heterocycles. The molecule has 1 heterocycles. The lowest BCUT2D eigenvalue weighted by Crippen LogP contribution is -2.33. The van der Waals surface area contributed by atoms with Gasteiger partial charge in [0.05, 0.1) is 24.2 Å². The Morgan fingerprint density at radius 3 is 1.52 bits per heavy atom. The van der Waals surface area contributed by atoms with Crippen molar-refractivity contribution < 1.29 is 14.2 Å². The lowest BCUT2D eigenvalue weighted by Gasteiger charge is -2.40. The Hall–Kier alpha value is -3.72. The van der Waals surface area contributed by atoms with E-state index < -0.39 is 5.41 Å². The summed E-state index contributed by atoms with van der Waals surface area (Å²) < 4.78 is 20.4. The summed E-state index contributed by atoms with van der Waals surface area (Å²) in [5, 5.41) is 0. The molecule has 4 aromatic rings. The molecule has 4 aromatic carbocycles. The fraction of sp³-hybridized carbons (Fsp3) is 0.467. The van der Waals surface area contributed by atoms with E-state index in [0.717, 1.165) is 47.0 Å². The molecule has 0 N–H and O–H groups in total. The Balaban J connectivity index is 1.32. The minimum Gasteiger partial charge on any atom is -0.490 e. The van der Waals surface area contributed by atoms with Crippen LogP contribution in [0.3, 0.4) is 0 Å². The quantitative estimate of drug-likeness (QED) is 0.0774. The highest BCUT2D eigenvalue weighted by Gasteiger charge is 2.53. The lowest BCUT2D eigenvalue weighted by atomic mass is 9.65. The number of fused-ring (bicyclic) bond motifs is 9. The molecule has 2 aliphatic rings. The molecule has 1 spiro atoms. The van der Waals surface area contributed by atoms with Crippen LogP contribution >= 0.6 is 0 Å². The molecule has 0 saturated carbocycles. The van der Waals surface area contributed by atoms with Gasteiger partial charge in [-0.1, -0.05) is 170 Å². The van der Waals surface area contributed by atoms with Crippen molar-refractivity contribution in [2.75, 3.05) is 13.2 Å². The molecule has 0 bridgehead atoms. The summed E-state index contributed by atoms with van der Waals surface area (Å²) in [7, 11) is 0. The van der Waals surface area contributed by atoms with E-state index in [-0.39, 0.29) is 0 Å². The van der Waals surface area contributed by atoms with Gasteiger partial charge in [-0.15, -0.1) is 0 Å². The van der Waals surface area contributed by atoms with Crippen molar-refractivity contribution in [3.63, 3.8) is 0 Å². The van der Waals surface area contributed by atoms with Crippen LogP contribution in [0.5, 0.6) is 23.0 Å². The van der Waals surface area contributed by atoms with E-state index in [4.69, 9.17) is 14.2 Å². The zero-order valence-electron chi connectivity index (χ0n) is 29.5. The van der Waals surface area contributed by atoms with E-state index >= 15 is 0 Å². The van der Waals surface area contributed by atoms with Gasteiger partial charge in [-0.25, -0.2) is 0 Å². The predicted octanol–water partition coefficient (Wildman–Crippen LogP) is 13.2. The highest BCUT2D eigenvalue weighted by molar-refractivity contribution is 5.89. The number of para-hydroxylation sites is 1. The molecule has 0 saturated heterocycles. The fourth-order valence-corrected chi connectivity index (χ4v) is 7.98. The number of hydrogen-bond acceptors (Lipinski definition) is 3. The number of benzene rings is 4. The van der Waals surface area contributed by atoms with Gasteiger partial charge in [0.1, 0.15) is 11.5 Å². The monoisotopic (exact) mass is 644 g/mol. The first kappa shape index (κ1) is 34.2. The topological polar surface area (TPSA) is 27.7 Å². The number of hydrogen-bond donors (Lipinski definition) is 0. The van der Waals surface area contributed by atoms with Crippen molar-refractivity contribution in [2.24, 2.45) is 0 Å². The second-order valence-electron chi connectivity index (χ2n) is 13.9. The minimum atomic E-state index is -0.566. The SMILES string of the molecule is CCCCCCCCCCOc1ccc2c(c1OCCCCCCCCCC)C1(c3ccccc3O2)c2ccccc2-c2ccccc21. The second-order valence-corrected chi connectivity index (χ2v) is 13.9. The third kappa shape index (κ3) is 7.16. The molecule has 0 radical (unpaired) electrons. The number of rotatable bonds is 20. The molecule has 3 nitrogen and oxygen atoms in total. The van der Waals surface area contributed by atoms with E-state index in [2.05, 4.69) is 98.8 Å². The maximum Gasteiger partial charge on any atom is 0.169 e. The summed E-state index contributed by atoms with van der Waals surface area (Å²) in [6.45, 7) is 5.92. The standard InChI is InChI=1S/C45H56O3/c1-3-5-7-9-11-13-15-23-33-46-42-32-31-41-43(44(42)47-34-24-16-14-12-10-8-6-4-2)45(39-29-21-22-30-40(39)48-41)37-27-19-17-25-35(37)36-26-18-20-28-38(36)45/h17-22,25-32H,3-16,23-24,33-34H2,1-2H3. The first-order valence-corrected chi connectivity index (χ1v) is 19.2. The maximum absolute atomic E-state index is 6.94. The predicted molar refractivity (Wildman–Crippen MR) is 200 cm³/mol. The van der Waals surface area contributed by atoms with Crippen LogP contribution in [0.15, 0.2) is 84.9 Å². The zero-order valence-corrected chi connectivity index (χ0v) is 29.5. The first-order chi connectivity index (χ1) is 23.8. The Morgan fingerprint density at radius 2 is 0.938 bits per heavy atom. The lowest BCUT2D eigenvalue weighted by molar-refractivity contribution is 0.252. The van der Waals surface area contributed by atoms with Crippen LogP contribution in [0, 0.1) is 0 Å². The van der Waals surface area contributed by atoms with Crippen molar-refractivity contribution in [3.8, 4) is 34.1 Å². The summed E-state index contributed by atoms with van der Waals surface area (Å²) in [5.74, 6) is 3.43. The highest BCUT2D eigenvalue weighted by Crippen LogP contribution is 2.64. The Bertz CT molecular complexity index is 1560. The molecule has 0 atom stereocenters. The van der Waals surface area contributed by atoms with Crippen LogP contribution in [0.4, 0.5) is 0 Å². The molecule has 1 aliphatic carbocycles. The molecular weight excluding hydrogens is 588 g/mol. The van der Waals surface area contributed by atoms with E-state index in [1.807, 2.05) is 0 Å². The van der Waals surface area contributed by atoms with E-state index in [1.54, 1.807) is 0 Å². The summed E-state index contributed by atoms with van der Waals surface area (Å²) in [5.41, 5.74) is 6.77. The van der Waals surface area contributed by atoms with Gasteiger partial charge in [-0.2, -0.15) is 0 Å².